The summed E-state index contributed by atoms with van der Waals surface area (Å²) in [5.74, 6) is 0.700. The Labute approximate surface area is 135 Å². The van der Waals surface area contributed by atoms with Crippen molar-refractivity contribution in [2.75, 3.05) is 53.5 Å². The van der Waals surface area contributed by atoms with Crippen LogP contribution in [0, 0.1) is 5.41 Å². The highest BCUT2D eigenvalue weighted by molar-refractivity contribution is 5.21. The average molecular weight is 302 g/mol. The van der Waals surface area contributed by atoms with Gasteiger partial charge in [0, 0.05) is 26.7 Å². The number of piperidine rings is 2. The summed E-state index contributed by atoms with van der Waals surface area (Å²) in [6, 6.07) is 11.1. The molecule has 0 amide bonds. The van der Waals surface area contributed by atoms with Crippen LogP contribution in [-0.2, 0) is 4.74 Å². The third kappa shape index (κ3) is 3.70. The molecule has 122 valence electrons. The second-order valence-electron chi connectivity index (χ2n) is 7.34. The summed E-state index contributed by atoms with van der Waals surface area (Å²) < 4.78 is 5.22. The second-order valence-corrected chi connectivity index (χ2v) is 7.34. The Morgan fingerprint density at radius 3 is 2.59 bits per heavy atom. The first-order valence-corrected chi connectivity index (χ1v) is 8.66. The van der Waals surface area contributed by atoms with Crippen LogP contribution < -0.4 is 0 Å². The minimum absolute atomic E-state index is 0.525. The van der Waals surface area contributed by atoms with Gasteiger partial charge in [0.05, 0.1) is 6.61 Å². The number of ether oxygens (including phenoxy) is 1. The summed E-state index contributed by atoms with van der Waals surface area (Å²) >= 11 is 0. The topological polar surface area (TPSA) is 15.7 Å². The molecule has 0 aliphatic carbocycles. The molecule has 0 radical (unpaired) electrons. The fourth-order valence-electron chi connectivity index (χ4n) is 4.45. The van der Waals surface area contributed by atoms with Crippen molar-refractivity contribution < 1.29 is 4.74 Å². The minimum atomic E-state index is 0.525. The molecule has 3 nitrogen and oxygen atoms in total. The Morgan fingerprint density at radius 1 is 1.18 bits per heavy atom. The average Bonchev–Trinajstić information content (AvgIpc) is 2.55. The van der Waals surface area contributed by atoms with Crippen LogP contribution in [0.5, 0.6) is 0 Å². The van der Waals surface area contributed by atoms with Gasteiger partial charge in [-0.15, -0.1) is 0 Å². The number of likely N-dealkylation sites (N-methyl/N-ethyl adjacent to an activating group) is 1. The largest absolute Gasteiger partial charge is 0.383 e. The molecule has 1 spiro atoms. The van der Waals surface area contributed by atoms with Crippen LogP contribution in [0.4, 0.5) is 0 Å². The van der Waals surface area contributed by atoms with Crippen molar-refractivity contribution in [1.29, 1.82) is 0 Å². The van der Waals surface area contributed by atoms with Crippen LogP contribution in [0.15, 0.2) is 30.3 Å². The molecule has 0 bridgehead atoms. The highest BCUT2D eigenvalue weighted by atomic mass is 16.5. The number of benzene rings is 1. The van der Waals surface area contributed by atoms with Gasteiger partial charge in [0.2, 0.25) is 0 Å². The van der Waals surface area contributed by atoms with Crippen LogP contribution in [0.3, 0.4) is 0 Å². The van der Waals surface area contributed by atoms with Crippen molar-refractivity contribution in [1.82, 2.24) is 9.80 Å². The van der Waals surface area contributed by atoms with Crippen LogP contribution in [0.25, 0.3) is 0 Å². The molecule has 1 aromatic carbocycles. The predicted octanol–water partition coefficient (Wildman–Crippen LogP) is 2.83. The molecule has 2 fully saturated rings. The van der Waals surface area contributed by atoms with Crippen LogP contribution in [-0.4, -0.2) is 63.3 Å². The van der Waals surface area contributed by atoms with Crippen LogP contribution in [0.2, 0.25) is 0 Å². The Balaban J connectivity index is 1.64. The molecule has 2 aliphatic rings. The van der Waals surface area contributed by atoms with E-state index in [0.29, 0.717) is 11.3 Å². The molecule has 1 atom stereocenters. The number of rotatable bonds is 4. The van der Waals surface area contributed by atoms with E-state index in [4.69, 9.17) is 4.74 Å². The Morgan fingerprint density at radius 2 is 1.91 bits per heavy atom. The van der Waals surface area contributed by atoms with Gasteiger partial charge >= 0.3 is 0 Å². The van der Waals surface area contributed by atoms with Gasteiger partial charge in [-0.05, 0) is 56.3 Å². The second kappa shape index (κ2) is 7.12. The summed E-state index contributed by atoms with van der Waals surface area (Å²) in [4.78, 5) is 5.13. The summed E-state index contributed by atoms with van der Waals surface area (Å²) in [7, 11) is 4.10. The van der Waals surface area contributed by atoms with Gasteiger partial charge in [-0.1, -0.05) is 30.3 Å². The van der Waals surface area contributed by atoms with Crippen molar-refractivity contribution in [3.05, 3.63) is 35.9 Å². The highest BCUT2D eigenvalue weighted by Crippen LogP contribution is 2.44. The standard InChI is InChI=1S/C19H30N2O/c1-20-15-18(17-6-4-3-5-7-17)14-19(16-20)8-10-21(11-9-19)12-13-22-2/h3-7,18H,8-16H2,1-2H3. The number of likely N-dealkylation sites (tertiary alicyclic amines) is 2. The van der Waals surface area contributed by atoms with Gasteiger partial charge in [0.25, 0.3) is 0 Å². The molecule has 1 unspecified atom stereocenters. The number of hydrogen-bond donors (Lipinski definition) is 0. The lowest BCUT2D eigenvalue weighted by Crippen LogP contribution is -2.50. The first kappa shape index (κ1) is 16.0. The SMILES string of the molecule is COCCN1CCC2(CC1)CC(c1ccccc1)CN(C)C2. The van der Waals surface area contributed by atoms with E-state index in [0.717, 1.165) is 13.2 Å². The molecule has 2 saturated heterocycles. The van der Waals surface area contributed by atoms with Crippen LogP contribution in [0.1, 0.15) is 30.7 Å². The van der Waals surface area contributed by atoms with Crippen molar-refractivity contribution in [2.24, 2.45) is 5.41 Å². The van der Waals surface area contributed by atoms with Gasteiger partial charge in [0.1, 0.15) is 0 Å². The van der Waals surface area contributed by atoms with E-state index in [-0.39, 0.29) is 0 Å². The van der Waals surface area contributed by atoms with Gasteiger partial charge < -0.3 is 14.5 Å². The van der Waals surface area contributed by atoms with Gasteiger partial charge in [-0.25, -0.2) is 0 Å². The van der Waals surface area contributed by atoms with Crippen molar-refractivity contribution >= 4 is 0 Å². The molecular weight excluding hydrogens is 272 g/mol. The highest BCUT2D eigenvalue weighted by Gasteiger charge is 2.41. The molecule has 0 saturated carbocycles. The monoisotopic (exact) mass is 302 g/mol. The third-order valence-corrected chi connectivity index (χ3v) is 5.62. The van der Waals surface area contributed by atoms with Gasteiger partial charge in [0.15, 0.2) is 0 Å². The fourth-order valence-corrected chi connectivity index (χ4v) is 4.45. The quantitative estimate of drug-likeness (QED) is 0.850. The zero-order valence-corrected chi connectivity index (χ0v) is 14.1. The summed E-state index contributed by atoms with van der Waals surface area (Å²) in [5.41, 5.74) is 2.05. The Bertz CT molecular complexity index is 454. The van der Waals surface area contributed by atoms with Gasteiger partial charge in [-0.3, -0.25) is 0 Å². The van der Waals surface area contributed by atoms with Crippen molar-refractivity contribution in [3.8, 4) is 0 Å². The molecule has 0 aromatic heterocycles. The Hall–Kier alpha value is -0.900. The zero-order chi connectivity index (χ0) is 15.4. The summed E-state index contributed by atoms with van der Waals surface area (Å²) in [6.45, 7) is 6.90. The van der Waals surface area contributed by atoms with E-state index in [2.05, 4.69) is 47.2 Å². The van der Waals surface area contributed by atoms with E-state index in [1.165, 1.54) is 51.0 Å². The maximum atomic E-state index is 5.22. The first-order valence-electron chi connectivity index (χ1n) is 8.66. The zero-order valence-electron chi connectivity index (χ0n) is 14.1. The Kier molecular flexibility index (Phi) is 5.17. The maximum absolute atomic E-state index is 5.22. The lowest BCUT2D eigenvalue weighted by atomic mass is 9.68. The molecular formula is C19H30N2O. The van der Waals surface area contributed by atoms with Crippen molar-refractivity contribution in [2.45, 2.75) is 25.2 Å². The number of hydrogen-bond acceptors (Lipinski definition) is 3. The number of nitrogens with zero attached hydrogens (tertiary/aromatic N) is 2. The molecule has 0 N–H and O–H groups in total. The predicted molar refractivity (Wildman–Crippen MR) is 91.3 cm³/mol. The molecule has 2 aliphatic heterocycles. The lowest BCUT2D eigenvalue weighted by Gasteiger charge is -2.49. The summed E-state index contributed by atoms with van der Waals surface area (Å²) in [6.07, 6.45) is 4.04. The maximum Gasteiger partial charge on any atom is 0.0589 e. The molecule has 1 aromatic rings. The molecule has 3 heteroatoms. The molecule has 22 heavy (non-hydrogen) atoms. The minimum Gasteiger partial charge on any atom is -0.383 e. The van der Waals surface area contributed by atoms with Crippen molar-refractivity contribution in [3.63, 3.8) is 0 Å². The van der Waals surface area contributed by atoms with Gasteiger partial charge in [-0.2, -0.15) is 0 Å². The normalized spacial score (nSPS) is 26.4. The van der Waals surface area contributed by atoms with E-state index in [1.54, 1.807) is 7.11 Å². The van der Waals surface area contributed by atoms with Crippen LogP contribution >= 0.6 is 0 Å². The molecule has 3 rings (SSSR count). The third-order valence-electron chi connectivity index (χ3n) is 5.62. The first-order chi connectivity index (χ1) is 10.7. The smallest absolute Gasteiger partial charge is 0.0589 e. The van der Waals surface area contributed by atoms with E-state index in [9.17, 15) is 0 Å². The molecule has 2 heterocycles. The lowest BCUT2D eigenvalue weighted by molar-refractivity contribution is 0.0173. The summed E-state index contributed by atoms with van der Waals surface area (Å²) in [5, 5.41) is 0. The fraction of sp³-hybridized carbons (Fsp3) is 0.684. The van der Waals surface area contributed by atoms with E-state index in [1.807, 2.05) is 0 Å². The van der Waals surface area contributed by atoms with E-state index < -0.39 is 0 Å². The van der Waals surface area contributed by atoms with E-state index >= 15 is 0 Å². The number of methoxy groups -OCH3 is 1.